The fraction of sp³-hybridized carbons (Fsp3) is 0.429. The van der Waals surface area contributed by atoms with Gasteiger partial charge in [0.1, 0.15) is 19.0 Å². The number of hydrogen-bond acceptors (Lipinski definition) is 5. The predicted molar refractivity (Wildman–Crippen MR) is 68.8 cm³/mol. The maximum Gasteiger partial charge on any atom is 0.338 e. The smallest absolute Gasteiger partial charge is 0.338 e. The first-order valence-corrected chi connectivity index (χ1v) is 6.17. The number of esters is 2. The quantitative estimate of drug-likeness (QED) is 0.630. The molecule has 0 heterocycles. The molecule has 1 aromatic carbocycles. The molecule has 0 aliphatic heterocycles. The summed E-state index contributed by atoms with van der Waals surface area (Å²) in [5, 5.41) is 9.08. The molecule has 1 N–H and O–H groups in total. The van der Waals surface area contributed by atoms with Crippen LogP contribution in [0.2, 0.25) is 0 Å². The number of benzene rings is 1. The Hall–Kier alpha value is -2.04. The maximum absolute atomic E-state index is 11.5. The summed E-state index contributed by atoms with van der Waals surface area (Å²) in [6.45, 7) is 3.75. The van der Waals surface area contributed by atoms with Crippen LogP contribution < -0.4 is 0 Å². The second kappa shape index (κ2) is 7.41. The number of hydrogen-bond donors (Lipinski definition) is 1. The van der Waals surface area contributed by atoms with Crippen LogP contribution in [0.15, 0.2) is 24.3 Å². The maximum atomic E-state index is 11.5. The molecule has 0 spiro atoms. The highest BCUT2D eigenvalue weighted by atomic mass is 16.6. The number of rotatable bonds is 6. The molecule has 0 aliphatic carbocycles. The van der Waals surface area contributed by atoms with Gasteiger partial charge in [-0.15, -0.1) is 0 Å². The lowest BCUT2D eigenvalue weighted by molar-refractivity contribution is -0.149. The van der Waals surface area contributed by atoms with Crippen molar-refractivity contribution in [3.05, 3.63) is 29.8 Å². The van der Waals surface area contributed by atoms with E-state index in [-0.39, 0.29) is 30.9 Å². The summed E-state index contributed by atoms with van der Waals surface area (Å²) >= 11 is 0. The van der Waals surface area contributed by atoms with Crippen molar-refractivity contribution < 1.29 is 24.2 Å². The minimum absolute atomic E-state index is 0.0158. The molecule has 1 atom stereocenters. The van der Waals surface area contributed by atoms with Crippen LogP contribution in [0.4, 0.5) is 0 Å². The molecule has 104 valence electrons. The molecule has 0 aliphatic rings. The lowest BCUT2D eigenvalue weighted by Gasteiger charge is -2.09. The topological polar surface area (TPSA) is 72.8 Å². The average molecular weight is 266 g/mol. The van der Waals surface area contributed by atoms with Gasteiger partial charge in [-0.3, -0.25) is 4.79 Å². The molecule has 0 amide bonds. The Morgan fingerprint density at radius 2 is 1.74 bits per heavy atom. The van der Waals surface area contributed by atoms with E-state index in [1.807, 2.05) is 6.92 Å². The van der Waals surface area contributed by atoms with Gasteiger partial charge in [-0.1, -0.05) is 13.8 Å². The molecule has 0 saturated heterocycles. The van der Waals surface area contributed by atoms with Crippen molar-refractivity contribution in [1.82, 2.24) is 0 Å². The summed E-state index contributed by atoms with van der Waals surface area (Å²) < 4.78 is 9.88. The van der Waals surface area contributed by atoms with Crippen LogP contribution in [0.3, 0.4) is 0 Å². The number of aromatic hydroxyl groups is 1. The van der Waals surface area contributed by atoms with Crippen molar-refractivity contribution in [2.75, 3.05) is 13.2 Å². The number of carbonyl (C=O) groups excluding carboxylic acids is 2. The van der Waals surface area contributed by atoms with Crippen molar-refractivity contribution in [1.29, 1.82) is 0 Å². The van der Waals surface area contributed by atoms with Gasteiger partial charge in [0.15, 0.2) is 0 Å². The summed E-state index contributed by atoms with van der Waals surface area (Å²) in [4.78, 5) is 22.9. The van der Waals surface area contributed by atoms with E-state index in [0.717, 1.165) is 0 Å². The first kappa shape index (κ1) is 15.0. The van der Waals surface area contributed by atoms with Crippen molar-refractivity contribution in [3.8, 4) is 5.75 Å². The van der Waals surface area contributed by atoms with Gasteiger partial charge in [0, 0.05) is 0 Å². The molecule has 19 heavy (non-hydrogen) atoms. The molecule has 0 bridgehead atoms. The summed E-state index contributed by atoms with van der Waals surface area (Å²) in [7, 11) is 0. The molecule has 0 aromatic heterocycles. The van der Waals surface area contributed by atoms with Crippen LogP contribution in [0.25, 0.3) is 0 Å². The lowest BCUT2D eigenvalue weighted by Crippen LogP contribution is -2.18. The van der Waals surface area contributed by atoms with Crippen molar-refractivity contribution in [3.63, 3.8) is 0 Å². The molecule has 1 unspecified atom stereocenters. The molecule has 1 aromatic rings. The van der Waals surface area contributed by atoms with Gasteiger partial charge < -0.3 is 14.6 Å². The predicted octanol–water partition coefficient (Wildman–Crippen LogP) is 2.14. The summed E-state index contributed by atoms with van der Waals surface area (Å²) in [5.41, 5.74) is 0.339. The Labute approximate surface area is 112 Å². The Balaban J connectivity index is 2.28. The van der Waals surface area contributed by atoms with Crippen molar-refractivity contribution in [2.45, 2.75) is 20.3 Å². The molecule has 0 radical (unpaired) electrons. The Morgan fingerprint density at radius 3 is 2.32 bits per heavy atom. The van der Waals surface area contributed by atoms with Crippen LogP contribution in [0, 0.1) is 5.92 Å². The van der Waals surface area contributed by atoms with E-state index in [0.29, 0.717) is 12.0 Å². The highest BCUT2D eigenvalue weighted by Gasteiger charge is 2.12. The van der Waals surface area contributed by atoms with Crippen LogP contribution >= 0.6 is 0 Å². The summed E-state index contributed by atoms with van der Waals surface area (Å²) in [6.07, 6.45) is 0.714. The number of carbonyl (C=O) groups is 2. The van der Waals surface area contributed by atoms with Gasteiger partial charge in [-0.2, -0.15) is 0 Å². The molecule has 0 saturated carbocycles. The normalized spacial score (nSPS) is 11.7. The molecule has 5 heteroatoms. The third kappa shape index (κ3) is 4.99. The Morgan fingerprint density at radius 1 is 1.16 bits per heavy atom. The summed E-state index contributed by atoms with van der Waals surface area (Å²) in [5.74, 6) is -0.866. The molecule has 0 fully saturated rings. The highest BCUT2D eigenvalue weighted by Crippen LogP contribution is 2.10. The van der Waals surface area contributed by atoms with Crippen molar-refractivity contribution >= 4 is 11.9 Å². The first-order chi connectivity index (χ1) is 9.04. The monoisotopic (exact) mass is 266 g/mol. The van der Waals surface area contributed by atoms with Crippen LogP contribution in [0.5, 0.6) is 5.75 Å². The number of phenolic OH excluding ortho intramolecular Hbond substituents is 1. The van der Waals surface area contributed by atoms with E-state index >= 15 is 0 Å². The standard InChI is InChI=1S/C14H18O5/c1-3-10(2)13(16)18-8-9-19-14(17)11-4-6-12(15)7-5-11/h4-7,10,15H,3,8-9H2,1-2H3. The van der Waals surface area contributed by atoms with Gasteiger partial charge in [0.05, 0.1) is 11.5 Å². The number of phenols is 1. The fourth-order valence-electron chi connectivity index (χ4n) is 1.27. The molecule has 1 rings (SSSR count). The Kier molecular flexibility index (Phi) is 5.85. The van der Waals surface area contributed by atoms with E-state index in [1.165, 1.54) is 24.3 Å². The van der Waals surface area contributed by atoms with Gasteiger partial charge in [0.25, 0.3) is 0 Å². The van der Waals surface area contributed by atoms with E-state index in [1.54, 1.807) is 6.92 Å². The van der Waals surface area contributed by atoms with Crippen LogP contribution in [-0.4, -0.2) is 30.3 Å². The van der Waals surface area contributed by atoms with E-state index in [4.69, 9.17) is 14.6 Å². The lowest BCUT2D eigenvalue weighted by atomic mass is 10.1. The van der Waals surface area contributed by atoms with Crippen LogP contribution in [-0.2, 0) is 14.3 Å². The zero-order valence-corrected chi connectivity index (χ0v) is 11.1. The van der Waals surface area contributed by atoms with Gasteiger partial charge in [0.2, 0.25) is 0 Å². The fourth-order valence-corrected chi connectivity index (χ4v) is 1.27. The second-order valence-corrected chi connectivity index (χ2v) is 4.16. The summed E-state index contributed by atoms with van der Waals surface area (Å²) in [6, 6.07) is 5.73. The minimum Gasteiger partial charge on any atom is -0.508 e. The first-order valence-electron chi connectivity index (χ1n) is 6.17. The Bertz CT molecular complexity index is 424. The van der Waals surface area contributed by atoms with Gasteiger partial charge >= 0.3 is 11.9 Å². The third-order valence-corrected chi connectivity index (χ3v) is 2.68. The van der Waals surface area contributed by atoms with Gasteiger partial charge in [-0.25, -0.2) is 4.79 Å². The minimum atomic E-state index is -0.514. The van der Waals surface area contributed by atoms with E-state index in [2.05, 4.69) is 0 Å². The van der Waals surface area contributed by atoms with E-state index in [9.17, 15) is 9.59 Å². The zero-order valence-electron chi connectivity index (χ0n) is 11.1. The second-order valence-electron chi connectivity index (χ2n) is 4.16. The van der Waals surface area contributed by atoms with E-state index < -0.39 is 5.97 Å². The van der Waals surface area contributed by atoms with Gasteiger partial charge in [-0.05, 0) is 30.7 Å². The molecular weight excluding hydrogens is 248 g/mol. The molecule has 5 nitrogen and oxygen atoms in total. The van der Waals surface area contributed by atoms with Crippen molar-refractivity contribution in [2.24, 2.45) is 5.92 Å². The third-order valence-electron chi connectivity index (χ3n) is 2.68. The zero-order chi connectivity index (χ0) is 14.3. The average Bonchev–Trinajstić information content (AvgIpc) is 2.42. The van der Waals surface area contributed by atoms with Crippen LogP contribution in [0.1, 0.15) is 30.6 Å². The SMILES string of the molecule is CCC(C)C(=O)OCCOC(=O)c1ccc(O)cc1. The number of ether oxygens (including phenoxy) is 2. The molecular formula is C14H18O5. The highest BCUT2D eigenvalue weighted by molar-refractivity contribution is 5.89. The largest absolute Gasteiger partial charge is 0.508 e.